The van der Waals surface area contributed by atoms with E-state index < -0.39 is 11.1 Å². The molecule has 5 nitrogen and oxygen atoms in total. The predicted octanol–water partition coefficient (Wildman–Crippen LogP) is 0.411. The van der Waals surface area contributed by atoms with Gasteiger partial charge in [-0.25, -0.2) is 0 Å². The molecule has 0 spiro atoms. The Hall–Kier alpha value is -1.88. The van der Waals surface area contributed by atoms with E-state index in [1.807, 2.05) is 0 Å². The van der Waals surface area contributed by atoms with Gasteiger partial charge >= 0.3 is 11.1 Å². The molecule has 5 heteroatoms. The van der Waals surface area contributed by atoms with Gasteiger partial charge in [0.05, 0.1) is 11.0 Å². The summed E-state index contributed by atoms with van der Waals surface area (Å²) in [7, 11) is 3.36. The molecule has 2 atom stereocenters. The number of benzene rings is 1. The minimum absolute atomic E-state index is 0.459. The molecule has 104 valence electrons. The van der Waals surface area contributed by atoms with Crippen molar-refractivity contribution in [1.82, 2.24) is 14.5 Å². The summed E-state index contributed by atoms with van der Waals surface area (Å²) in [5.74, 6) is 1.08. The number of aryl methyl sites for hydroxylation is 2. The Labute approximate surface area is 115 Å². The van der Waals surface area contributed by atoms with Crippen molar-refractivity contribution in [1.29, 1.82) is 0 Å². The van der Waals surface area contributed by atoms with Crippen molar-refractivity contribution >= 4 is 11.0 Å². The van der Waals surface area contributed by atoms with Gasteiger partial charge < -0.3 is 14.5 Å². The number of piperidine rings is 1. The Morgan fingerprint density at radius 3 is 1.85 bits per heavy atom. The van der Waals surface area contributed by atoms with E-state index in [0.717, 1.165) is 24.1 Å². The average molecular weight is 271 g/mol. The van der Waals surface area contributed by atoms with Gasteiger partial charge in [0.1, 0.15) is 0 Å². The van der Waals surface area contributed by atoms with Crippen LogP contribution in [-0.4, -0.2) is 22.2 Å². The first kappa shape index (κ1) is 11.9. The number of aromatic nitrogens is 2. The molecule has 0 radical (unpaired) electrons. The molecular weight excluding hydrogens is 254 g/mol. The molecule has 2 bridgehead atoms. The normalized spacial score (nSPS) is 24.1. The van der Waals surface area contributed by atoms with Crippen LogP contribution in [0.3, 0.4) is 0 Å². The second-order valence-corrected chi connectivity index (χ2v) is 5.99. The first-order valence-electron chi connectivity index (χ1n) is 7.02. The maximum Gasteiger partial charge on any atom is 0.316 e. The number of nitrogens with one attached hydrogen (secondary N) is 1. The molecule has 1 N–H and O–H groups in total. The number of nitrogens with zero attached hydrogens (tertiary/aromatic N) is 2. The van der Waals surface area contributed by atoms with Crippen molar-refractivity contribution in [2.75, 3.05) is 13.1 Å². The predicted molar refractivity (Wildman–Crippen MR) is 77.4 cm³/mol. The van der Waals surface area contributed by atoms with Crippen molar-refractivity contribution < 1.29 is 0 Å². The van der Waals surface area contributed by atoms with Crippen LogP contribution in [0.5, 0.6) is 0 Å². The summed E-state index contributed by atoms with van der Waals surface area (Å²) < 4.78 is 2.96. The maximum absolute atomic E-state index is 11.9. The Morgan fingerprint density at radius 1 is 0.950 bits per heavy atom. The fourth-order valence-electron chi connectivity index (χ4n) is 3.78. The number of rotatable bonds is 0. The van der Waals surface area contributed by atoms with Crippen molar-refractivity contribution in [2.45, 2.75) is 18.3 Å². The molecule has 2 aliphatic rings. The fourth-order valence-corrected chi connectivity index (χ4v) is 3.78. The van der Waals surface area contributed by atoms with Gasteiger partial charge in [-0.1, -0.05) is 0 Å². The molecule has 1 saturated heterocycles. The minimum Gasteiger partial charge on any atom is -0.316 e. The number of hydrogen-bond donors (Lipinski definition) is 1. The van der Waals surface area contributed by atoms with E-state index >= 15 is 0 Å². The summed E-state index contributed by atoms with van der Waals surface area (Å²) in [6.45, 7) is 2.02. The first-order valence-corrected chi connectivity index (χ1v) is 7.02. The molecule has 2 heterocycles. The molecule has 1 aromatic heterocycles. The van der Waals surface area contributed by atoms with Crippen molar-refractivity contribution in [2.24, 2.45) is 14.1 Å². The van der Waals surface area contributed by atoms with Gasteiger partial charge in [-0.05, 0) is 41.5 Å². The fraction of sp³-hybridized carbons (Fsp3) is 0.467. The van der Waals surface area contributed by atoms with E-state index in [-0.39, 0.29) is 0 Å². The van der Waals surface area contributed by atoms with Gasteiger partial charge in [0.25, 0.3) is 0 Å². The largest absolute Gasteiger partial charge is 0.316 e. The quantitative estimate of drug-likeness (QED) is 0.706. The van der Waals surface area contributed by atoms with E-state index in [1.54, 1.807) is 14.1 Å². The van der Waals surface area contributed by atoms with Gasteiger partial charge in [0, 0.05) is 27.2 Å². The minimum atomic E-state index is -0.459. The molecule has 1 aliphatic heterocycles. The second-order valence-electron chi connectivity index (χ2n) is 5.99. The standard InChI is InChI=1S/C15H17N3O2/c1-17-12-4-10-8-3-9(7-16-6-8)11(10)5-13(12)18(2)15(20)14(17)19/h4-5,8-9,16H,3,6-7H2,1-2H3. The third-order valence-corrected chi connectivity index (χ3v) is 4.93. The van der Waals surface area contributed by atoms with Crippen molar-refractivity contribution in [3.05, 3.63) is 44.0 Å². The molecule has 0 saturated carbocycles. The van der Waals surface area contributed by atoms with Crippen LogP contribution in [0.15, 0.2) is 21.7 Å². The van der Waals surface area contributed by atoms with Crippen LogP contribution >= 0.6 is 0 Å². The van der Waals surface area contributed by atoms with Gasteiger partial charge in [-0.3, -0.25) is 9.59 Å². The maximum atomic E-state index is 11.9. The van der Waals surface area contributed by atoms with E-state index in [1.165, 1.54) is 26.7 Å². The van der Waals surface area contributed by atoms with Crippen LogP contribution in [0, 0.1) is 0 Å². The molecule has 2 unspecified atom stereocenters. The molecule has 1 aromatic carbocycles. The lowest BCUT2D eigenvalue weighted by atomic mass is 9.98. The highest BCUT2D eigenvalue weighted by atomic mass is 16.2. The molecule has 1 fully saturated rings. The topological polar surface area (TPSA) is 56.0 Å². The first-order chi connectivity index (χ1) is 9.58. The van der Waals surface area contributed by atoms with Gasteiger partial charge in [-0.15, -0.1) is 0 Å². The lowest BCUT2D eigenvalue weighted by molar-refractivity contribution is 0.454. The van der Waals surface area contributed by atoms with Crippen molar-refractivity contribution in [3.8, 4) is 0 Å². The smallest absolute Gasteiger partial charge is 0.316 e. The summed E-state index contributed by atoms with van der Waals surface area (Å²) in [6, 6.07) is 4.23. The summed E-state index contributed by atoms with van der Waals surface area (Å²) in [5, 5.41) is 3.46. The summed E-state index contributed by atoms with van der Waals surface area (Å²) in [5.41, 5.74) is 3.48. The lowest BCUT2D eigenvalue weighted by Gasteiger charge is -2.19. The highest BCUT2D eigenvalue weighted by Gasteiger charge is 2.34. The average Bonchev–Trinajstić information content (AvgIpc) is 2.72. The molecular formula is C15H17N3O2. The zero-order valence-corrected chi connectivity index (χ0v) is 11.6. The highest BCUT2D eigenvalue weighted by molar-refractivity contribution is 5.78. The Morgan fingerprint density at radius 2 is 1.40 bits per heavy atom. The van der Waals surface area contributed by atoms with Crippen LogP contribution in [0.25, 0.3) is 11.0 Å². The van der Waals surface area contributed by atoms with Gasteiger partial charge in [-0.2, -0.15) is 0 Å². The number of fused-ring (bicyclic) bond motifs is 6. The highest BCUT2D eigenvalue weighted by Crippen LogP contribution is 2.44. The SMILES string of the molecule is Cn1c(=O)c(=O)n(C)c2cc3c(cc21)C1CNCC3C1. The van der Waals surface area contributed by atoms with Crippen LogP contribution in [0.1, 0.15) is 29.4 Å². The van der Waals surface area contributed by atoms with Crippen molar-refractivity contribution in [3.63, 3.8) is 0 Å². The lowest BCUT2D eigenvalue weighted by Crippen LogP contribution is -2.39. The summed E-state index contributed by atoms with van der Waals surface area (Å²) in [4.78, 5) is 23.9. The monoisotopic (exact) mass is 271 g/mol. The Kier molecular flexibility index (Phi) is 2.27. The Balaban J connectivity index is 2.14. The van der Waals surface area contributed by atoms with Crippen LogP contribution in [0.4, 0.5) is 0 Å². The third kappa shape index (κ3) is 1.36. The van der Waals surface area contributed by atoms with Crippen LogP contribution < -0.4 is 16.4 Å². The summed E-state index contributed by atoms with van der Waals surface area (Å²) in [6.07, 6.45) is 1.18. The molecule has 4 rings (SSSR count). The zero-order chi connectivity index (χ0) is 14.0. The Bertz CT molecular complexity index is 778. The molecule has 20 heavy (non-hydrogen) atoms. The second kappa shape index (κ2) is 3.82. The van der Waals surface area contributed by atoms with E-state index in [2.05, 4.69) is 17.4 Å². The molecule has 1 aliphatic carbocycles. The zero-order valence-electron chi connectivity index (χ0n) is 11.6. The van der Waals surface area contributed by atoms with E-state index in [9.17, 15) is 9.59 Å². The van der Waals surface area contributed by atoms with E-state index in [0.29, 0.717) is 11.8 Å². The summed E-state index contributed by atoms with van der Waals surface area (Å²) >= 11 is 0. The molecule has 0 amide bonds. The van der Waals surface area contributed by atoms with Gasteiger partial charge in [0.15, 0.2) is 0 Å². The van der Waals surface area contributed by atoms with Gasteiger partial charge in [0.2, 0.25) is 0 Å². The third-order valence-electron chi connectivity index (χ3n) is 4.93. The number of hydrogen-bond acceptors (Lipinski definition) is 3. The van der Waals surface area contributed by atoms with E-state index in [4.69, 9.17) is 0 Å². The van der Waals surface area contributed by atoms with Crippen LogP contribution in [0.2, 0.25) is 0 Å². The van der Waals surface area contributed by atoms with Crippen LogP contribution in [-0.2, 0) is 14.1 Å². The molecule has 2 aromatic rings.